The van der Waals surface area contributed by atoms with Crippen LogP contribution in [-0.4, -0.2) is 17.5 Å². The van der Waals surface area contributed by atoms with Gasteiger partial charge in [-0.25, -0.2) is 0 Å². The molecule has 0 bridgehead atoms. The van der Waals surface area contributed by atoms with Crippen molar-refractivity contribution in [2.45, 2.75) is 65.7 Å². The van der Waals surface area contributed by atoms with Gasteiger partial charge in [0.25, 0.3) is 0 Å². The van der Waals surface area contributed by atoms with Gasteiger partial charge in [-0.3, -0.25) is 14.4 Å². The molecule has 4 aliphatic rings. The second-order valence-corrected chi connectivity index (χ2v) is 9.12. The molecular weight excluding hydrogens is 316 g/mol. The summed E-state index contributed by atoms with van der Waals surface area (Å²) in [6.45, 7) is 5.78. The topological polar surface area (TPSA) is 60.4 Å². The summed E-state index contributed by atoms with van der Waals surface area (Å²) < 4.78 is 5.58. The van der Waals surface area contributed by atoms with Crippen molar-refractivity contribution >= 4 is 17.5 Å². The van der Waals surface area contributed by atoms with Gasteiger partial charge in [-0.05, 0) is 55.8 Å². The number of rotatable bonds is 1. The van der Waals surface area contributed by atoms with Crippen LogP contribution in [0, 0.1) is 34.5 Å². The van der Waals surface area contributed by atoms with Crippen molar-refractivity contribution in [2.24, 2.45) is 34.5 Å². The number of esters is 1. The highest BCUT2D eigenvalue weighted by molar-refractivity contribution is 5.92. The van der Waals surface area contributed by atoms with E-state index in [1.165, 1.54) is 6.92 Å². The minimum atomic E-state index is -0.347. The Kier molecular flexibility index (Phi) is 3.75. The van der Waals surface area contributed by atoms with E-state index in [-0.39, 0.29) is 28.5 Å². The van der Waals surface area contributed by atoms with Gasteiger partial charge in [0.2, 0.25) is 0 Å². The van der Waals surface area contributed by atoms with E-state index in [1.807, 2.05) is 0 Å². The number of hydrogen-bond donors (Lipinski definition) is 0. The summed E-state index contributed by atoms with van der Waals surface area (Å²) in [7, 11) is 0. The molecule has 0 aliphatic heterocycles. The normalized spacial score (nSPS) is 46.0. The molecule has 3 fully saturated rings. The van der Waals surface area contributed by atoms with Gasteiger partial charge < -0.3 is 4.74 Å². The van der Waals surface area contributed by atoms with Crippen molar-refractivity contribution in [1.29, 1.82) is 0 Å². The molecule has 25 heavy (non-hydrogen) atoms. The highest BCUT2D eigenvalue weighted by atomic mass is 16.5. The molecule has 0 spiro atoms. The van der Waals surface area contributed by atoms with Crippen molar-refractivity contribution in [3.05, 3.63) is 11.8 Å². The molecule has 0 aromatic heterocycles. The molecule has 4 heteroatoms. The Bertz CT molecular complexity index is 677. The molecule has 4 aliphatic carbocycles. The number of fused-ring (bicyclic) bond motifs is 5. The minimum absolute atomic E-state index is 0.0777. The fourth-order valence-corrected chi connectivity index (χ4v) is 6.80. The Balaban J connectivity index is 1.73. The number of carbonyl (C=O) groups excluding carboxylic acids is 3. The SMILES string of the molecule is CC(=O)OC1=CC(=O)CC2CC[C@@H]3[C@H](CC[C@]4(C)C(=O)CC[C@@H]34)[C@@]12C. The first-order chi connectivity index (χ1) is 11.8. The maximum absolute atomic E-state index is 12.5. The maximum Gasteiger partial charge on any atom is 0.307 e. The van der Waals surface area contributed by atoms with Crippen molar-refractivity contribution in [2.75, 3.05) is 0 Å². The Hall–Kier alpha value is -1.45. The summed E-state index contributed by atoms with van der Waals surface area (Å²) in [6.07, 6.45) is 7.87. The lowest BCUT2D eigenvalue weighted by atomic mass is 9.46. The van der Waals surface area contributed by atoms with Gasteiger partial charge in [0, 0.05) is 36.7 Å². The van der Waals surface area contributed by atoms with Gasteiger partial charge in [0.15, 0.2) is 5.78 Å². The molecule has 0 aromatic carbocycles. The molecule has 6 atom stereocenters. The third-order valence-corrected chi connectivity index (χ3v) is 8.14. The third kappa shape index (κ3) is 2.29. The molecule has 4 rings (SSSR count). The van der Waals surface area contributed by atoms with Gasteiger partial charge >= 0.3 is 5.97 Å². The third-order valence-electron chi connectivity index (χ3n) is 8.14. The van der Waals surface area contributed by atoms with Crippen LogP contribution < -0.4 is 0 Å². The number of carbonyl (C=O) groups is 3. The van der Waals surface area contributed by atoms with E-state index in [0.717, 1.165) is 38.5 Å². The van der Waals surface area contributed by atoms with E-state index >= 15 is 0 Å². The Morgan fingerprint density at radius 1 is 1.12 bits per heavy atom. The molecule has 0 heterocycles. The first-order valence-corrected chi connectivity index (χ1v) is 9.73. The zero-order valence-corrected chi connectivity index (χ0v) is 15.5. The lowest BCUT2D eigenvalue weighted by Crippen LogP contribution is -2.54. The van der Waals surface area contributed by atoms with Crippen LogP contribution >= 0.6 is 0 Å². The van der Waals surface area contributed by atoms with Crippen LogP contribution in [-0.2, 0) is 19.1 Å². The van der Waals surface area contributed by atoms with E-state index in [2.05, 4.69) is 13.8 Å². The van der Waals surface area contributed by atoms with Crippen LogP contribution in [0.4, 0.5) is 0 Å². The highest BCUT2D eigenvalue weighted by Gasteiger charge is 2.61. The van der Waals surface area contributed by atoms with Gasteiger partial charge in [-0.1, -0.05) is 13.8 Å². The fourth-order valence-electron chi connectivity index (χ4n) is 6.80. The second-order valence-electron chi connectivity index (χ2n) is 9.12. The molecule has 0 aromatic rings. The molecule has 1 unspecified atom stereocenters. The predicted octanol–water partition coefficient (Wildman–Crippen LogP) is 3.83. The highest BCUT2D eigenvalue weighted by Crippen LogP contribution is 2.65. The first kappa shape index (κ1) is 17.0. The Morgan fingerprint density at radius 3 is 2.60 bits per heavy atom. The molecule has 0 N–H and O–H groups in total. The number of ketones is 2. The Morgan fingerprint density at radius 2 is 1.88 bits per heavy atom. The van der Waals surface area contributed by atoms with Crippen molar-refractivity contribution in [1.82, 2.24) is 0 Å². The smallest absolute Gasteiger partial charge is 0.307 e. The average molecular weight is 344 g/mol. The molecule has 0 radical (unpaired) electrons. The number of allylic oxidation sites excluding steroid dienone is 2. The molecule has 0 saturated heterocycles. The van der Waals surface area contributed by atoms with E-state index in [1.54, 1.807) is 6.08 Å². The molecule has 4 nitrogen and oxygen atoms in total. The van der Waals surface area contributed by atoms with E-state index in [0.29, 0.717) is 35.7 Å². The molecule has 3 saturated carbocycles. The molecule has 136 valence electrons. The number of Topliss-reactive ketones (excluding diaryl/α,β-unsaturated/α-hetero) is 1. The quantitative estimate of drug-likeness (QED) is 0.678. The van der Waals surface area contributed by atoms with Crippen LogP contribution in [0.1, 0.15) is 65.7 Å². The van der Waals surface area contributed by atoms with Crippen LogP contribution in [0.2, 0.25) is 0 Å². The van der Waals surface area contributed by atoms with Crippen molar-refractivity contribution in [3.63, 3.8) is 0 Å². The standard InChI is InChI=1S/C21H28O4/c1-12(22)25-19-11-14(23)10-13-4-5-15-16-6-7-18(24)20(16,2)9-8-17(15)21(13,19)3/h11,13,15-17H,4-10H2,1-3H3/t13?,15-,16-,17-,20-,21-/m0/s1. The predicted molar refractivity (Wildman–Crippen MR) is 92.4 cm³/mol. The Labute approximate surface area is 149 Å². The van der Waals surface area contributed by atoms with Gasteiger partial charge in [0.1, 0.15) is 11.5 Å². The summed E-state index contributed by atoms with van der Waals surface area (Å²) >= 11 is 0. The fraction of sp³-hybridized carbons (Fsp3) is 0.762. The lowest BCUT2D eigenvalue weighted by molar-refractivity contribution is -0.148. The lowest BCUT2D eigenvalue weighted by Gasteiger charge is -2.58. The van der Waals surface area contributed by atoms with E-state index < -0.39 is 0 Å². The van der Waals surface area contributed by atoms with Crippen molar-refractivity contribution < 1.29 is 19.1 Å². The van der Waals surface area contributed by atoms with Crippen LogP contribution in [0.3, 0.4) is 0 Å². The summed E-state index contributed by atoms with van der Waals surface area (Å²) in [5, 5.41) is 0. The van der Waals surface area contributed by atoms with E-state index in [9.17, 15) is 14.4 Å². The van der Waals surface area contributed by atoms with Crippen LogP contribution in [0.5, 0.6) is 0 Å². The zero-order chi connectivity index (χ0) is 18.0. The van der Waals surface area contributed by atoms with Gasteiger partial charge in [-0.15, -0.1) is 0 Å². The molecular formula is C21H28O4. The zero-order valence-electron chi connectivity index (χ0n) is 15.5. The summed E-state index contributed by atoms with van der Waals surface area (Å²) in [5.74, 6) is 2.36. The van der Waals surface area contributed by atoms with Crippen molar-refractivity contribution in [3.8, 4) is 0 Å². The number of hydrogen-bond acceptors (Lipinski definition) is 4. The first-order valence-electron chi connectivity index (χ1n) is 9.73. The minimum Gasteiger partial charge on any atom is -0.431 e. The largest absolute Gasteiger partial charge is 0.431 e. The van der Waals surface area contributed by atoms with Crippen LogP contribution in [0.15, 0.2) is 11.8 Å². The maximum atomic E-state index is 12.5. The average Bonchev–Trinajstić information content (AvgIpc) is 2.84. The van der Waals surface area contributed by atoms with Gasteiger partial charge in [0.05, 0.1) is 0 Å². The van der Waals surface area contributed by atoms with Crippen LogP contribution in [0.25, 0.3) is 0 Å². The van der Waals surface area contributed by atoms with E-state index in [4.69, 9.17) is 4.74 Å². The summed E-state index contributed by atoms with van der Waals surface area (Å²) in [5.41, 5.74) is -0.407. The monoisotopic (exact) mass is 344 g/mol. The summed E-state index contributed by atoms with van der Waals surface area (Å²) in [6, 6.07) is 0. The number of ether oxygens (including phenoxy) is 1. The summed E-state index contributed by atoms with van der Waals surface area (Å²) in [4.78, 5) is 36.3. The molecule has 0 amide bonds. The van der Waals surface area contributed by atoms with Gasteiger partial charge in [-0.2, -0.15) is 0 Å². The second kappa shape index (κ2) is 5.52.